The molecular formula is C21H21F2N3O3. The fourth-order valence-electron chi connectivity index (χ4n) is 4.88. The number of hydrogen-bond donors (Lipinski definition) is 0. The van der Waals surface area contributed by atoms with Gasteiger partial charge < -0.3 is 14.5 Å². The molecule has 5 rings (SSSR count). The van der Waals surface area contributed by atoms with E-state index in [4.69, 9.17) is 4.74 Å². The van der Waals surface area contributed by atoms with Gasteiger partial charge in [-0.3, -0.25) is 14.6 Å². The molecule has 0 aliphatic carbocycles. The Kier molecular flexibility index (Phi) is 4.27. The van der Waals surface area contributed by atoms with Crippen molar-refractivity contribution in [1.29, 1.82) is 0 Å². The largest absolute Gasteiger partial charge is 0.342 e. The normalized spacial score (nSPS) is 27.7. The third-order valence-corrected chi connectivity index (χ3v) is 6.31. The summed E-state index contributed by atoms with van der Waals surface area (Å²) in [7, 11) is 0. The van der Waals surface area contributed by atoms with Gasteiger partial charge in [0.15, 0.2) is 5.60 Å². The van der Waals surface area contributed by atoms with Crippen molar-refractivity contribution < 1.29 is 23.1 Å². The summed E-state index contributed by atoms with van der Waals surface area (Å²) in [5.74, 6) is -1.56. The number of amides is 2. The Bertz CT molecular complexity index is 917. The first-order valence-corrected chi connectivity index (χ1v) is 9.95. The minimum atomic E-state index is -0.959. The number of ether oxygens (including phenoxy) is 1. The Morgan fingerprint density at radius 1 is 1.14 bits per heavy atom. The molecule has 1 aromatic rings. The van der Waals surface area contributed by atoms with Crippen LogP contribution in [-0.4, -0.2) is 52.7 Å². The molecule has 0 N–H and O–H groups in total. The van der Waals surface area contributed by atoms with Gasteiger partial charge in [-0.1, -0.05) is 0 Å². The molecule has 0 radical (unpaired) electrons. The zero-order valence-corrected chi connectivity index (χ0v) is 15.8. The molecule has 3 fully saturated rings. The summed E-state index contributed by atoms with van der Waals surface area (Å²) in [5, 5.41) is 0. The second kappa shape index (κ2) is 6.73. The van der Waals surface area contributed by atoms with E-state index < -0.39 is 23.3 Å². The van der Waals surface area contributed by atoms with Crippen LogP contribution in [0.5, 0.6) is 0 Å². The molecule has 29 heavy (non-hydrogen) atoms. The molecule has 4 aliphatic rings. The third-order valence-electron chi connectivity index (χ3n) is 6.31. The van der Waals surface area contributed by atoms with Gasteiger partial charge in [-0.25, -0.2) is 8.78 Å². The highest BCUT2D eigenvalue weighted by atomic mass is 19.1. The SMILES string of the molecule is O=C(C1=CCC=N1)N1CCC2(CC1)O[C@@H]1CC[C@@H](c3cc(F)cc(F)c3)N1C2=O. The lowest BCUT2D eigenvalue weighted by Gasteiger charge is -2.37. The predicted molar refractivity (Wildman–Crippen MR) is 99.8 cm³/mol. The number of aliphatic imine (C=N–C) groups is 1. The average molecular weight is 401 g/mol. The van der Waals surface area contributed by atoms with Gasteiger partial charge >= 0.3 is 0 Å². The number of likely N-dealkylation sites (tertiary alicyclic amines) is 1. The summed E-state index contributed by atoms with van der Waals surface area (Å²) in [6.45, 7) is 0.828. The van der Waals surface area contributed by atoms with E-state index in [-0.39, 0.29) is 18.0 Å². The zero-order chi connectivity index (χ0) is 20.2. The molecule has 4 heterocycles. The van der Waals surface area contributed by atoms with Crippen LogP contribution in [0.4, 0.5) is 8.78 Å². The summed E-state index contributed by atoms with van der Waals surface area (Å²) >= 11 is 0. The molecule has 6 nitrogen and oxygen atoms in total. The lowest BCUT2D eigenvalue weighted by atomic mass is 9.89. The minimum absolute atomic E-state index is 0.118. The number of carbonyl (C=O) groups excluding carboxylic acids is 2. The van der Waals surface area contributed by atoms with E-state index >= 15 is 0 Å². The standard InChI is InChI=1S/C21H21F2N3O3/c22-14-10-13(11-15(23)12-14)17-3-4-18-26(17)20(28)21(29-18)5-8-25(9-6-21)19(27)16-2-1-7-24-16/h2,7,10-12,17-18H,1,3-6,8-9H2/t17-,18+/m0/s1. The Balaban J connectivity index is 1.32. The number of halogens is 2. The van der Waals surface area contributed by atoms with Gasteiger partial charge in [0.05, 0.1) is 6.04 Å². The quantitative estimate of drug-likeness (QED) is 0.766. The van der Waals surface area contributed by atoms with Gasteiger partial charge in [-0.2, -0.15) is 0 Å². The molecule has 0 aromatic heterocycles. The highest BCUT2D eigenvalue weighted by Gasteiger charge is 2.58. The number of nitrogens with zero attached hydrogens (tertiary/aromatic N) is 3. The Morgan fingerprint density at radius 2 is 1.86 bits per heavy atom. The predicted octanol–water partition coefficient (Wildman–Crippen LogP) is 2.70. The first kappa shape index (κ1) is 18.4. The second-order valence-corrected chi connectivity index (χ2v) is 8.00. The summed E-state index contributed by atoms with van der Waals surface area (Å²) in [4.78, 5) is 33.3. The molecule has 4 aliphatic heterocycles. The van der Waals surface area contributed by atoms with Crippen molar-refractivity contribution in [3.05, 3.63) is 47.2 Å². The molecule has 0 bridgehead atoms. The maximum atomic E-state index is 13.7. The van der Waals surface area contributed by atoms with Gasteiger partial charge in [0.25, 0.3) is 11.8 Å². The van der Waals surface area contributed by atoms with Crippen LogP contribution in [0.1, 0.15) is 43.7 Å². The summed E-state index contributed by atoms with van der Waals surface area (Å²) in [5.41, 5.74) is -0.0506. The van der Waals surface area contributed by atoms with E-state index in [2.05, 4.69) is 4.99 Å². The number of rotatable bonds is 2. The molecule has 1 spiro atoms. The monoisotopic (exact) mass is 401 g/mol. The van der Waals surface area contributed by atoms with E-state index in [0.29, 0.717) is 56.5 Å². The van der Waals surface area contributed by atoms with Crippen LogP contribution in [0.2, 0.25) is 0 Å². The van der Waals surface area contributed by atoms with Crippen LogP contribution in [0.3, 0.4) is 0 Å². The zero-order valence-electron chi connectivity index (χ0n) is 15.8. The van der Waals surface area contributed by atoms with Crippen molar-refractivity contribution >= 4 is 18.0 Å². The van der Waals surface area contributed by atoms with Crippen LogP contribution in [-0.2, 0) is 14.3 Å². The van der Waals surface area contributed by atoms with Gasteiger partial charge in [0, 0.05) is 44.6 Å². The molecule has 2 amide bonds. The fourth-order valence-corrected chi connectivity index (χ4v) is 4.88. The Morgan fingerprint density at radius 3 is 2.52 bits per heavy atom. The summed E-state index contributed by atoms with van der Waals surface area (Å²) in [6, 6.07) is 3.00. The second-order valence-electron chi connectivity index (χ2n) is 8.00. The minimum Gasteiger partial charge on any atom is -0.342 e. The van der Waals surface area contributed by atoms with Crippen molar-refractivity contribution in [2.24, 2.45) is 4.99 Å². The number of benzene rings is 1. The maximum absolute atomic E-state index is 13.7. The molecule has 0 unspecified atom stereocenters. The molecule has 1 aromatic carbocycles. The Hall–Kier alpha value is -2.61. The molecule has 8 heteroatoms. The van der Waals surface area contributed by atoms with Crippen molar-refractivity contribution in [2.45, 2.75) is 50.0 Å². The van der Waals surface area contributed by atoms with Gasteiger partial charge in [0.2, 0.25) is 0 Å². The average Bonchev–Trinajstić information content (AvgIpc) is 3.41. The number of piperidine rings is 1. The number of fused-ring (bicyclic) bond motifs is 1. The highest BCUT2D eigenvalue weighted by molar-refractivity contribution is 5.97. The van der Waals surface area contributed by atoms with E-state index in [0.717, 1.165) is 6.07 Å². The number of hydrogen-bond acceptors (Lipinski definition) is 4. The lowest BCUT2D eigenvalue weighted by Crippen LogP contribution is -2.51. The van der Waals surface area contributed by atoms with Crippen molar-refractivity contribution in [3.8, 4) is 0 Å². The Labute approximate surface area is 166 Å². The fraction of sp³-hybridized carbons (Fsp3) is 0.476. The van der Waals surface area contributed by atoms with Crippen molar-refractivity contribution in [3.63, 3.8) is 0 Å². The van der Waals surface area contributed by atoms with Crippen LogP contribution >= 0.6 is 0 Å². The van der Waals surface area contributed by atoms with Gasteiger partial charge in [-0.15, -0.1) is 0 Å². The van der Waals surface area contributed by atoms with E-state index in [1.807, 2.05) is 0 Å². The lowest BCUT2D eigenvalue weighted by molar-refractivity contribution is -0.147. The first-order chi connectivity index (χ1) is 14.0. The van der Waals surface area contributed by atoms with E-state index in [1.54, 1.807) is 22.1 Å². The first-order valence-electron chi connectivity index (χ1n) is 9.95. The molecular weight excluding hydrogens is 380 g/mol. The molecule has 152 valence electrons. The highest BCUT2D eigenvalue weighted by Crippen LogP contribution is 2.47. The summed E-state index contributed by atoms with van der Waals surface area (Å²) in [6.07, 6.45) is 5.82. The molecule has 0 saturated carbocycles. The topological polar surface area (TPSA) is 62.2 Å². The van der Waals surface area contributed by atoms with Crippen LogP contribution in [0.15, 0.2) is 35.0 Å². The van der Waals surface area contributed by atoms with Gasteiger partial charge in [0.1, 0.15) is 23.6 Å². The molecule has 3 saturated heterocycles. The van der Waals surface area contributed by atoms with Crippen LogP contribution in [0, 0.1) is 11.6 Å². The third kappa shape index (κ3) is 2.97. The maximum Gasteiger partial charge on any atom is 0.272 e. The smallest absolute Gasteiger partial charge is 0.272 e. The summed E-state index contributed by atoms with van der Waals surface area (Å²) < 4.78 is 33.6. The van der Waals surface area contributed by atoms with Gasteiger partial charge in [-0.05, 0) is 36.6 Å². The number of allylic oxidation sites excluding steroid dienone is 1. The number of carbonyl (C=O) groups is 2. The van der Waals surface area contributed by atoms with Crippen LogP contribution < -0.4 is 0 Å². The van der Waals surface area contributed by atoms with E-state index in [1.165, 1.54) is 12.1 Å². The van der Waals surface area contributed by atoms with E-state index in [9.17, 15) is 18.4 Å². The van der Waals surface area contributed by atoms with Crippen molar-refractivity contribution in [2.75, 3.05) is 13.1 Å². The van der Waals surface area contributed by atoms with Crippen molar-refractivity contribution in [1.82, 2.24) is 9.80 Å². The molecule has 2 atom stereocenters. The van der Waals surface area contributed by atoms with Crippen LogP contribution in [0.25, 0.3) is 0 Å².